The van der Waals surface area contributed by atoms with Crippen LogP contribution in [-0.2, 0) is 31.8 Å². The summed E-state index contributed by atoms with van der Waals surface area (Å²) in [6.45, 7) is 2.81. The summed E-state index contributed by atoms with van der Waals surface area (Å²) < 4.78 is 60.1. The number of nitrogens with one attached hydrogen (secondary N) is 2. The molecular weight excluding hydrogens is 432 g/mol. The van der Waals surface area contributed by atoms with Gasteiger partial charge in [0, 0.05) is 32.0 Å². The number of morpholine rings is 1. The van der Waals surface area contributed by atoms with E-state index in [1.54, 1.807) is 26.1 Å². The summed E-state index contributed by atoms with van der Waals surface area (Å²) in [5.41, 5.74) is 0.929. The summed E-state index contributed by atoms with van der Waals surface area (Å²) in [5.74, 6) is -0.558. The van der Waals surface area contributed by atoms with Gasteiger partial charge in [0.1, 0.15) is 10.6 Å². The lowest BCUT2D eigenvalue weighted by atomic mass is 10.2. The number of hydrogen-bond donors (Lipinski definition) is 2. The second-order valence-electron chi connectivity index (χ2n) is 6.83. The minimum atomic E-state index is -3.74. The molecule has 12 heteroatoms. The van der Waals surface area contributed by atoms with Crippen molar-refractivity contribution in [1.29, 1.82) is 0 Å². The van der Waals surface area contributed by atoms with E-state index in [2.05, 4.69) is 10.0 Å². The highest BCUT2D eigenvalue weighted by atomic mass is 32.2. The molecule has 0 atom stereocenters. The zero-order valence-corrected chi connectivity index (χ0v) is 18.5. The van der Waals surface area contributed by atoms with Gasteiger partial charge in [0.15, 0.2) is 0 Å². The quantitative estimate of drug-likeness (QED) is 0.652. The van der Waals surface area contributed by atoms with Crippen LogP contribution in [0.1, 0.15) is 16.1 Å². The molecule has 0 aliphatic carbocycles. The van der Waals surface area contributed by atoms with Crippen LogP contribution in [0.25, 0.3) is 0 Å². The van der Waals surface area contributed by atoms with Crippen LogP contribution in [0.4, 0.5) is 5.69 Å². The van der Waals surface area contributed by atoms with Gasteiger partial charge in [0.2, 0.25) is 20.0 Å². The lowest BCUT2D eigenvalue weighted by molar-refractivity contribution is 0.0730. The number of rotatable bonds is 6. The predicted octanol–water partition coefficient (Wildman–Crippen LogP) is 0.515. The Hall–Kier alpha value is -2.25. The first-order valence-corrected chi connectivity index (χ1v) is 12.1. The van der Waals surface area contributed by atoms with Crippen molar-refractivity contribution in [2.24, 2.45) is 7.05 Å². The molecule has 1 amide bonds. The van der Waals surface area contributed by atoms with E-state index in [0.29, 0.717) is 18.8 Å². The number of carbonyl (C=O) groups is 1. The molecule has 0 spiro atoms. The van der Waals surface area contributed by atoms with E-state index >= 15 is 0 Å². The fourth-order valence-corrected chi connectivity index (χ4v) is 5.58. The zero-order chi connectivity index (χ0) is 22.1. The summed E-state index contributed by atoms with van der Waals surface area (Å²) in [5, 5.41) is 2.63. The van der Waals surface area contributed by atoms with Crippen molar-refractivity contribution in [2.75, 3.05) is 38.7 Å². The van der Waals surface area contributed by atoms with E-state index in [4.69, 9.17) is 4.74 Å². The summed E-state index contributed by atoms with van der Waals surface area (Å²) in [7, 11) is -4.55. The fraction of sp³-hybridized carbons (Fsp3) is 0.389. The number of amides is 1. The molecule has 2 aromatic rings. The van der Waals surface area contributed by atoms with E-state index in [-0.39, 0.29) is 34.3 Å². The number of carbonyl (C=O) groups excluding carboxylic acids is 1. The largest absolute Gasteiger partial charge is 0.379 e. The van der Waals surface area contributed by atoms with E-state index in [0.717, 1.165) is 0 Å². The van der Waals surface area contributed by atoms with Gasteiger partial charge < -0.3 is 14.6 Å². The number of benzene rings is 1. The molecule has 164 valence electrons. The molecule has 2 N–H and O–H groups in total. The normalized spacial score (nSPS) is 15.8. The Bertz CT molecular complexity index is 1170. The Balaban J connectivity index is 1.86. The molecule has 1 fully saturated rings. The number of aryl methyl sites for hydroxylation is 2. The molecule has 1 aliphatic rings. The van der Waals surface area contributed by atoms with E-state index in [1.807, 2.05) is 0 Å². The number of ether oxygens (including phenoxy) is 1. The second kappa shape index (κ2) is 8.47. The maximum atomic E-state index is 12.8. The average molecular weight is 457 g/mol. The first-order chi connectivity index (χ1) is 14.1. The van der Waals surface area contributed by atoms with E-state index in [1.165, 1.54) is 34.2 Å². The van der Waals surface area contributed by atoms with Crippen molar-refractivity contribution in [3.05, 3.63) is 41.7 Å². The minimum Gasteiger partial charge on any atom is -0.379 e. The van der Waals surface area contributed by atoms with Gasteiger partial charge in [0.25, 0.3) is 5.91 Å². The number of aromatic nitrogens is 1. The minimum absolute atomic E-state index is 0.0133. The molecule has 0 radical (unpaired) electrons. The molecule has 1 saturated heterocycles. The van der Waals surface area contributed by atoms with Crippen molar-refractivity contribution in [3.63, 3.8) is 0 Å². The van der Waals surface area contributed by atoms with E-state index in [9.17, 15) is 21.6 Å². The summed E-state index contributed by atoms with van der Waals surface area (Å²) in [6.07, 6.45) is 1.38. The molecule has 1 aliphatic heterocycles. The first kappa shape index (κ1) is 22.4. The van der Waals surface area contributed by atoms with Gasteiger partial charge in [-0.05, 0) is 37.7 Å². The van der Waals surface area contributed by atoms with Crippen LogP contribution in [0.5, 0.6) is 0 Å². The monoisotopic (exact) mass is 456 g/mol. The van der Waals surface area contributed by atoms with Crippen LogP contribution < -0.4 is 10.0 Å². The number of hydrogen-bond acceptors (Lipinski definition) is 6. The van der Waals surface area contributed by atoms with Crippen LogP contribution in [0.15, 0.2) is 40.3 Å². The molecule has 3 rings (SSSR count). The molecule has 2 heterocycles. The van der Waals surface area contributed by atoms with E-state index < -0.39 is 26.0 Å². The molecule has 0 bridgehead atoms. The lowest BCUT2D eigenvalue weighted by Crippen LogP contribution is -2.40. The fourth-order valence-electron chi connectivity index (χ4n) is 3.11. The number of sulfonamides is 2. The highest BCUT2D eigenvalue weighted by Crippen LogP contribution is 2.23. The van der Waals surface area contributed by atoms with Gasteiger partial charge in [-0.1, -0.05) is 6.07 Å². The molecule has 1 aromatic carbocycles. The number of nitrogens with zero attached hydrogens (tertiary/aromatic N) is 2. The van der Waals surface area contributed by atoms with Crippen molar-refractivity contribution >= 4 is 31.6 Å². The van der Waals surface area contributed by atoms with Crippen LogP contribution in [0, 0.1) is 6.92 Å². The number of anilines is 1. The SMILES string of the molecule is CNS(=O)(=O)c1cc(NC(=O)c2cc(S(=O)(=O)N3CCOCC3)cn2C)ccc1C. The molecule has 0 saturated carbocycles. The van der Waals surface area contributed by atoms with Gasteiger partial charge in [-0.15, -0.1) is 0 Å². The second-order valence-corrected chi connectivity index (χ2v) is 10.6. The third-order valence-corrected chi connectivity index (χ3v) is 8.24. The molecular formula is C18H24N4O6S2. The van der Waals surface area contributed by atoms with Gasteiger partial charge in [-0.2, -0.15) is 4.31 Å². The summed E-state index contributed by atoms with van der Waals surface area (Å²) >= 11 is 0. The van der Waals surface area contributed by atoms with Crippen molar-refractivity contribution < 1.29 is 26.4 Å². The summed E-state index contributed by atoms with van der Waals surface area (Å²) in [4.78, 5) is 12.8. The Labute approximate surface area is 175 Å². The topological polar surface area (TPSA) is 127 Å². The Kier molecular flexibility index (Phi) is 6.34. The van der Waals surface area contributed by atoms with Gasteiger partial charge in [0.05, 0.1) is 18.1 Å². The first-order valence-electron chi connectivity index (χ1n) is 9.16. The van der Waals surface area contributed by atoms with Crippen LogP contribution in [0.3, 0.4) is 0 Å². The lowest BCUT2D eigenvalue weighted by Gasteiger charge is -2.25. The highest BCUT2D eigenvalue weighted by molar-refractivity contribution is 7.89. The van der Waals surface area contributed by atoms with Crippen molar-refractivity contribution in [1.82, 2.24) is 13.6 Å². The molecule has 10 nitrogen and oxygen atoms in total. The van der Waals surface area contributed by atoms with Gasteiger partial charge >= 0.3 is 0 Å². The Morgan fingerprint density at radius 1 is 1.10 bits per heavy atom. The van der Waals surface area contributed by atoms with Gasteiger partial charge in [-0.25, -0.2) is 21.6 Å². The summed E-state index contributed by atoms with van der Waals surface area (Å²) in [6, 6.07) is 5.82. The van der Waals surface area contributed by atoms with Gasteiger partial charge in [-0.3, -0.25) is 4.79 Å². The van der Waals surface area contributed by atoms with Crippen LogP contribution in [-0.4, -0.2) is 65.0 Å². The van der Waals surface area contributed by atoms with Crippen LogP contribution in [0.2, 0.25) is 0 Å². The third-order valence-electron chi connectivity index (χ3n) is 4.82. The zero-order valence-electron chi connectivity index (χ0n) is 16.9. The smallest absolute Gasteiger partial charge is 0.272 e. The average Bonchev–Trinajstić information content (AvgIpc) is 3.12. The Morgan fingerprint density at radius 3 is 2.40 bits per heavy atom. The Morgan fingerprint density at radius 2 is 1.77 bits per heavy atom. The standard InChI is InChI=1S/C18H24N4O6S2/c1-13-4-5-14(10-17(13)29(24,25)19-2)20-18(23)16-11-15(12-21(16)3)30(26,27)22-6-8-28-9-7-22/h4-5,10-12,19H,6-9H2,1-3H3,(H,20,23). The molecule has 1 aromatic heterocycles. The van der Waals surface area contributed by atoms with Crippen LogP contribution >= 0.6 is 0 Å². The molecule has 30 heavy (non-hydrogen) atoms. The highest BCUT2D eigenvalue weighted by Gasteiger charge is 2.29. The third kappa shape index (κ3) is 4.42. The maximum Gasteiger partial charge on any atom is 0.272 e. The predicted molar refractivity (Wildman–Crippen MR) is 110 cm³/mol. The van der Waals surface area contributed by atoms with Crippen molar-refractivity contribution in [2.45, 2.75) is 16.7 Å². The van der Waals surface area contributed by atoms with Crippen molar-refractivity contribution in [3.8, 4) is 0 Å². The maximum absolute atomic E-state index is 12.8. The molecule has 0 unspecified atom stereocenters.